The Morgan fingerprint density at radius 3 is 2.63 bits per heavy atom. The van der Waals surface area contributed by atoms with Crippen molar-refractivity contribution >= 4 is 5.91 Å². The number of fused-ring (bicyclic) bond motifs is 1. The van der Waals surface area contributed by atoms with Crippen LogP contribution in [0.5, 0.6) is 0 Å². The third-order valence-corrected chi connectivity index (χ3v) is 3.88. The van der Waals surface area contributed by atoms with E-state index < -0.39 is 0 Å². The Labute approximate surface area is 112 Å². The van der Waals surface area contributed by atoms with Gasteiger partial charge in [0.25, 0.3) is 5.91 Å². The zero-order chi connectivity index (χ0) is 13.6. The molecule has 1 aliphatic rings. The van der Waals surface area contributed by atoms with Gasteiger partial charge in [-0.2, -0.15) is 5.10 Å². The highest BCUT2D eigenvalue weighted by Crippen LogP contribution is 2.38. The summed E-state index contributed by atoms with van der Waals surface area (Å²) in [6, 6.07) is 8.44. The van der Waals surface area contributed by atoms with Crippen LogP contribution in [-0.4, -0.2) is 28.1 Å². The summed E-state index contributed by atoms with van der Waals surface area (Å²) < 4.78 is 0. The van der Waals surface area contributed by atoms with E-state index in [0.29, 0.717) is 5.69 Å². The second kappa shape index (κ2) is 4.23. The van der Waals surface area contributed by atoms with Gasteiger partial charge in [0.2, 0.25) is 0 Å². The maximum absolute atomic E-state index is 12.2. The van der Waals surface area contributed by atoms with E-state index in [1.165, 1.54) is 5.56 Å². The molecule has 1 aromatic heterocycles. The van der Waals surface area contributed by atoms with Gasteiger partial charge in [-0.15, -0.1) is 0 Å². The van der Waals surface area contributed by atoms with E-state index >= 15 is 0 Å². The van der Waals surface area contributed by atoms with Crippen LogP contribution in [0.1, 0.15) is 45.8 Å². The van der Waals surface area contributed by atoms with Crippen LogP contribution in [0.4, 0.5) is 0 Å². The number of aromatic amines is 1. The zero-order valence-electron chi connectivity index (χ0n) is 11.4. The second-order valence-electron chi connectivity index (χ2n) is 5.02. The minimum Gasteiger partial charge on any atom is -0.329 e. The van der Waals surface area contributed by atoms with E-state index in [1.807, 2.05) is 14.0 Å². The number of amides is 1. The topological polar surface area (TPSA) is 49.0 Å². The largest absolute Gasteiger partial charge is 0.329 e. The van der Waals surface area contributed by atoms with Gasteiger partial charge in [0.15, 0.2) is 5.69 Å². The molecule has 1 aromatic carbocycles. The fourth-order valence-electron chi connectivity index (χ4n) is 2.74. The quantitative estimate of drug-likeness (QED) is 0.896. The Balaban J connectivity index is 2.08. The predicted octanol–water partition coefficient (Wildman–Crippen LogP) is 2.46. The molecule has 2 heterocycles. The molecule has 2 aromatic rings. The van der Waals surface area contributed by atoms with Crippen molar-refractivity contribution in [2.45, 2.75) is 26.3 Å². The minimum absolute atomic E-state index is 0.0103. The molecule has 19 heavy (non-hydrogen) atoms. The smallest absolute Gasteiger partial charge is 0.275 e. The molecule has 1 N–H and O–H groups in total. The summed E-state index contributed by atoms with van der Waals surface area (Å²) in [6.07, 6.45) is 1.02. The summed E-state index contributed by atoms with van der Waals surface area (Å²) in [6.45, 7) is 4.10. The standard InChI is InChI=1S/C15H17N3O/c1-4-10-5-7-11(8-6-10)14-12-9(2)16-17-13(12)15(19)18(14)3/h5-8,14H,4H2,1-3H3,(H,16,17)/t14-/m1/s1. The van der Waals surface area contributed by atoms with Crippen LogP contribution in [0.2, 0.25) is 0 Å². The molecule has 1 atom stereocenters. The van der Waals surface area contributed by atoms with Gasteiger partial charge in [0.1, 0.15) is 0 Å². The minimum atomic E-state index is -0.0212. The van der Waals surface area contributed by atoms with Crippen molar-refractivity contribution in [3.8, 4) is 0 Å². The van der Waals surface area contributed by atoms with Crippen molar-refractivity contribution in [1.82, 2.24) is 15.1 Å². The molecule has 0 unspecified atom stereocenters. The summed E-state index contributed by atoms with van der Waals surface area (Å²) >= 11 is 0. The highest BCUT2D eigenvalue weighted by molar-refractivity contribution is 5.98. The van der Waals surface area contributed by atoms with Crippen LogP contribution < -0.4 is 0 Å². The molecule has 98 valence electrons. The lowest BCUT2D eigenvalue weighted by Crippen LogP contribution is -2.24. The third-order valence-electron chi connectivity index (χ3n) is 3.88. The number of hydrogen-bond donors (Lipinski definition) is 1. The van der Waals surface area contributed by atoms with Gasteiger partial charge in [-0.3, -0.25) is 9.89 Å². The molecular formula is C15H17N3O. The lowest BCUT2D eigenvalue weighted by Gasteiger charge is -2.21. The molecule has 0 fully saturated rings. The Morgan fingerprint density at radius 1 is 1.32 bits per heavy atom. The molecule has 0 spiro atoms. The van der Waals surface area contributed by atoms with Crippen LogP contribution in [0.3, 0.4) is 0 Å². The molecule has 0 bridgehead atoms. The first kappa shape index (κ1) is 12.0. The number of hydrogen-bond acceptors (Lipinski definition) is 2. The summed E-state index contributed by atoms with van der Waals surface area (Å²) in [5.41, 5.74) is 4.98. The number of nitrogens with zero attached hydrogens (tertiary/aromatic N) is 2. The first-order valence-corrected chi connectivity index (χ1v) is 6.54. The van der Waals surface area contributed by atoms with Crippen molar-refractivity contribution in [2.75, 3.05) is 7.05 Å². The van der Waals surface area contributed by atoms with E-state index in [9.17, 15) is 4.79 Å². The van der Waals surface area contributed by atoms with Gasteiger partial charge in [-0.05, 0) is 24.5 Å². The SMILES string of the molecule is CCc1ccc([C@@H]2c3c(n[nH]c3C)C(=O)N2C)cc1. The second-order valence-corrected chi connectivity index (χ2v) is 5.02. The van der Waals surface area contributed by atoms with Gasteiger partial charge in [-0.25, -0.2) is 0 Å². The molecule has 0 saturated heterocycles. The van der Waals surface area contributed by atoms with Crippen molar-refractivity contribution in [1.29, 1.82) is 0 Å². The lowest BCUT2D eigenvalue weighted by atomic mass is 9.98. The maximum atomic E-state index is 12.2. The fourth-order valence-corrected chi connectivity index (χ4v) is 2.74. The number of nitrogens with one attached hydrogen (secondary N) is 1. The summed E-state index contributed by atoms with van der Waals surface area (Å²) in [4.78, 5) is 13.9. The number of benzene rings is 1. The average molecular weight is 255 g/mol. The molecule has 1 aliphatic heterocycles. The van der Waals surface area contributed by atoms with Crippen LogP contribution in [-0.2, 0) is 6.42 Å². The van der Waals surface area contributed by atoms with E-state index in [2.05, 4.69) is 41.4 Å². The summed E-state index contributed by atoms with van der Waals surface area (Å²) in [7, 11) is 1.84. The van der Waals surface area contributed by atoms with Crippen LogP contribution in [0, 0.1) is 6.92 Å². The summed E-state index contributed by atoms with van der Waals surface area (Å²) in [5, 5.41) is 7.04. The third kappa shape index (κ3) is 1.67. The van der Waals surface area contributed by atoms with Gasteiger partial charge in [0, 0.05) is 18.3 Å². The first-order chi connectivity index (χ1) is 9.13. The number of carbonyl (C=O) groups is 1. The molecule has 1 amide bonds. The Bertz CT molecular complexity index is 627. The number of carbonyl (C=O) groups excluding carboxylic acids is 1. The number of aromatic nitrogens is 2. The summed E-state index contributed by atoms with van der Waals surface area (Å²) in [5.74, 6) is -0.0103. The van der Waals surface area contributed by atoms with E-state index in [1.54, 1.807) is 4.90 Å². The highest BCUT2D eigenvalue weighted by atomic mass is 16.2. The van der Waals surface area contributed by atoms with Crippen molar-refractivity contribution in [3.05, 3.63) is 52.3 Å². The Hall–Kier alpha value is -2.10. The van der Waals surface area contributed by atoms with Crippen LogP contribution in [0.15, 0.2) is 24.3 Å². The molecule has 4 nitrogen and oxygen atoms in total. The molecule has 3 rings (SSSR count). The van der Waals surface area contributed by atoms with E-state index in [-0.39, 0.29) is 11.9 Å². The predicted molar refractivity (Wildman–Crippen MR) is 73.1 cm³/mol. The average Bonchev–Trinajstić information content (AvgIpc) is 2.92. The van der Waals surface area contributed by atoms with Crippen LogP contribution in [0.25, 0.3) is 0 Å². The van der Waals surface area contributed by atoms with Gasteiger partial charge < -0.3 is 4.90 Å². The Morgan fingerprint density at radius 2 is 2.00 bits per heavy atom. The number of aryl methyl sites for hydroxylation is 2. The normalized spacial score (nSPS) is 17.9. The zero-order valence-corrected chi connectivity index (χ0v) is 11.4. The monoisotopic (exact) mass is 255 g/mol. The molecule has 4 heteroatoms. The molecule has 0 aliphatic carbocycles. The lowest BCUT2D eigenvalue weighted by molar-refractivity contribution is 0.0787. The van der Waals surface area contributed by atoms with Gasteiger partial charge in [-0.1, -0.05) is 31.2 Å². The van der Waals surface area contributed by atoms with E-state index in [4.69, 9.17) is 0 Å². The number of rotatable bonds is 2. The maximum Gasteiger partial charge on any atom is 0.275 e. The Kier molecular flexibility index (Phi) is 2.66. The van der Waals surface area contributed by atoms with Crippen molar-refractivity contribution in [3.63, 3.8) is 0 Å². The van der Waals surface area contributed by atoms with Crippen molar-refractivity contribution < 1.29 is 4.79 Å². The van der Waals surface area contributed by atoms with E-state index in [0.717, 1.165) is 23.2 Å². The fraction of sp³-hybridized carbons (Fsp3) is 0.333. The highest BCUT2D eigenvalue weighted by Gasteiger charge is 2.39. The van der Waals surface area contributed by atoms with Crippen molar-refractivity contribution in [2.24, 2.45) is 0 Å². The van der Waals surface area contributed by atoms with Crippen LogP contribution >= 0.6 is 0 Å². The molecule has 0 saturated carbocycles. The first-order valence-electron chi connectivity index (χ1n) is 6.54. The molecular weight excluding hydrogens is 238 g/mol. The number of H-pyrrole nitrogens is 1. The van der Waals surface area contributed by atoms with Gasteiger partial charge >= 0.3 is 0 Å². The van der Waals surface area contributed by atoms with Gasteiger partial charge in [0.05, 0.1) is 6.04 Å². The molecule has 0 radical (unpaired) electrons.